The maximum atomic E-state index is 13.4. The van der Waals surface area contributed by atoms with Crippen LogP contribution in [0.1, 0.15) is 58.2 Å². The van der Waals surface area contributed by atoms with Crippen LogP contribution in [0, 0.1) is 18.3 Å². The van der Waals surface area contributed by atoms with E-state index in [4.69, 9.17) is 48.5 Å². The second-order valence-electron chi connectivity index (χ2n) is 7.88. The van der Waals surface area contributed by atoms with Gasteiger partial charge in [-0.15, -0.1) is 0 Å². The highest BCUT2D eigenvalue weighted by Crippen LogP contribution is 2.36. The molecule has 0 radical (unpaired) electrons. The van der Waals surface area contributed by atoms with Crippen LogP contribution in [-0.4, -0.2) is 47.7 Å². The Morgan fingerprint density at radius 1 is 1.27 bits per heavy atom. The number of hydrogen-bond acceptors (Lipinski definition) is 8. The van der Waals surface area contributed by atoms with Crippen LogP contribution in [0.25, 0.3) is 10.9 Å². The third-order valence-corrected chi connectivity index (χ3v) is 5.16. The van der Waals surface area contributed by atoms with E-state index in [0.29, 0.717) is 17.1 Å². The molecule has 0 aliphatic rings. The Labute approximate surface area is 274 Å². The Kier molecular flexibility index (Phi) is 4.23. The van der Waals surface area contributed by atoms with Crippen molar-refractivity contribution in [3.8, 4) is 17.6 Å². The standard InChI is InChI=1S/C32H32ClN5O3/c1-5-40-31-17-29-27(15-22(31)14-26(39)10-7-13-38(3)4)32(23(18-34)19-35-29)37-24-11-12-30(28(33)16-24)41-20-25-9-6-8-21(2)36-25/h6-12,15-17,19H,5,13-14,20H2,1-4H3,(H,35,37)/b10-7+/i1D3,3D3,5D2,6D,8D,9D,11D,12D,13D2,15D,16D,17D,19D,20D2. The molecule has 0 spiro atoms. The van der Waals surface area contributed by atoms with Crippen molar-refractivity contribution in [3.63, 3.8) is 0 Å². The molecule has 4 aromatic rings. The summed E-state index contributed by atoms with van der Waals surface area (Å²) in [5, 5.41) is 11.2. The van der Waals surface area contributed by atoms with Crippen molar-refractivity contribution in [1.82, 2.24) is 14.9 Å². The van der Waals surface area contributed by atoms with Crippen molar-refractivity contribution in [2.75, 3.05) is 32.4 Å². The Balaban J connectivity index is 2.00. The molecule has 41 heavy (non-hydrogen) atoms. The molecule has 0 aliphatic heterocycles. The number of nitrogens with one attached hydrogen (secondary N) is 1. The summed E-state index contributed by atoms with van der Waals surface area (Å²) < 4.78 is 182. The minimum absolute atomic E-state index is 0.149. The zero-order valence-electron chi connectivity index (χ0n) is 42.3. The van der Waals surface area contributed by atoms with Gasteiger partial charge in [-0.25, -0.2) is 0 Å². The first-order chi connectivity index (χ1) is 28.1. The number of aryl methyl sites for hydroxylation is 1. The minimum atomic E-state index is -3.61. The Bertz CT molecular complexity index is 2550. The molecule has 2 heterocycles. The van der Waals surface area contributed by atoms with Crippen LogP contribution < -0.4 is 14.8 Å². The quantitative estimate of drug-likeness (QED) is 0.189. The van der Waals surface area contributed by atoms with Gasteiger partial charge in [0, 0.05) is 58.4 Å². The number of halogens is 1. The van der Waals surface area contributed by atoms with E-state index in [1.807, 2.05) is 0 Å². The third kappa shape index (κ3) is 7.82. The summed E-state index contributed by atoms with van der Waals surface area (Å²) in [4.78, 5) is 21.4. The number of nitrogens with zero attached hydrogens (tertiary/aromatic N) is 4. The topological polar surface area (TPSA) is 100 Å². The van der Waals surface area contributed by atoms with Crippen molar-refractivity contribution in [3.05, 3.63) is 94.2 Å². The second-order valence-corrected chi connectivity index (χ2v) is 8.26. The number of likely N-dealkylation sites (N-methyl/N-ethyl adjacent to an activating group) is 1. The second kappa shape index (κ2) is 13.8. The van der Waals surface area contributed by atoms with E-state index in [0.717, 1.165) is 7.05 Å². The van der Waals surface area contributed by atoms with Gasteiger partial charge in [-0.05, 0) is 70.1 Å². The molecule has 9 heteroatoms. The summed E-state index contributed by atoms with van der Waals surface area (Å²) in [5.41, 5.74) is -4.60. The molecule has 1 N–H and O–H groups in total. The number of nitriles is 1. The summed E-state index contributed by atoms with van der Waals surface area (Å²) >= 11 is 6.41. The molecule has 0 amide bonds. The first-order valence-corrected chi connectivity index (χ1v) is 11.7. The number of anilines is 2. The predicted octanol–water partition coefficient (Wildman–Crippen LogP) is 6.41. The first-order valence-electron chi connectivity index (χ1n) is 21.8. The largest absolute Gasteiger partial charge is 0.494 e. The molecule has 0 saturated heterocycles. The number of rotatable bonds is 12. The molecule has 8 nitrogen and oxygen atoms in total. The van der Waals surface area contributed by atoms with Gasteiger partial charge in [0.25, 0.3) is 0 Å². The number of allylic oxidation sites excluding steroid dienone is 1. The van der Waals surface area contributed by atoms with Crippen molar-refractivity contribution in [2.24, 2.45) is 0 Å². The number of aromatic nitrogens is 2. The summed E-state index contributed by atoms with van der Waals surface area (Å²) in [6.45, 7) is -14.8. The molecule has 0 unspecified atom stereocenters. The molecule has 2 aromatic heterocycles. The number of ether oxygens (including phenoxy) is 2. The lowest BCUT2D eigenvalue weighted by Crippen LogP contribution is -2.11. The molecule has 0 aliphatic carbocycles. The molecule has 210 valence electrons. The van der Waals surface area contributed by atoms with Crippen LogP contribution in [0.15, 0.2) is 66.7 Å². The number of carbonyl (C=O) groups is 1. The fraction of sp³-hybridized carbons (Fsp3) is 0.250. The van der Waals surface area contributed by atoms with E-state index in [-0.39, 0.29) is 5.69 Å². The summed E-state index contributed by atoms with van der Waals surface area (Å²) in [6, 6.07) is -5.25. The van der Waals surface area contributed by atoms with Crippen LogP contribution >= 0.6 is 11.6 Å². The highest BCUT2D eigenvalue weighted by molar-refractivity contribution is 6.32. The van der Waals surface area contributed by atoms with Gasteiger partial charge in [0.15, 0.2) is 5.78 Å². The summed E-state index contributed by atoms with van der Waals surface area (Å²) in [7, 11) is 0.900. The van der Waals surface area contributed by atoms with Crippen LogP contribution in [0.3, 0.4) is 0 Å². The molecule has 0 bridgehead atoms. The Morgan fingerprint density at radius 3 is 2.95 bits per heavy atom. The normalized spacial score (nSPS) is 20.2. The first kappa shape index (κ1) is 12.6. The van der Waals surface area contributed by atoms with E-state index in [1.54, 1.807) is 6.07 Å². The lowest BCUT2D eigenvalue weighted by molar-refractivity contribution is -0.114. The number of pyridine rings is 2. The predicted molar refractivity (Wildman–Crippen MR) is 162 cm³/mol. The zero-order valence-corrected chi connectivity index (χ0v) is 22.0. The number of hydrogen-bond donors (Lipinski definition) is 1. The highest BCUT2D eigenvalue weighted by Gasteiger charge is 2.16. The number of benzene rings is 2. The maximum Gasteiger partial charge on any atom is 0.159 e. The van der Waals surface area contributed by atoms with Crippen molar-refractivity contribution < 1.29 is 43.1 Å². The minimum Gasteiger partial charge on any atom is -0.494 e. The SMILES string of the molecule is [2H]c1nc2c([2H])c(OC([2H])([2H])C([2H])([2H])[2H])c(CC(=O)/C=C/C([2H])([2H])N(C)C([2H])([2H])[2H])c([2H])c2c(Nc2c([2H])c([2H])c(OC([2H])([2H])c3nc(C)c([2H])c([2H])c3[2H])c(Cl)c2[2H])c1C#N. The van der Waals surface area contributed by atoms with Gasteiger partial charge < -0.3 is 19.7 Å². The lowest BCUT2D eigenvalue weighted by atomic mass is 10.0. The Hall–Kier alpha value is -4.45. The van der Waals surface area contributed by atoms with E-state index >= 15 is 0 Å². The lowest BCUT2D eigenvalue weighted by Gasteiger charge is -2.16. The van der Waals surface area contributed by atoms with Gasteiger partial charge in [0.05, 0.1) is 51.9 Å². The van der Waals surface area contributed by atoms with E-state index in [1.165, 1.54) is 6.92 Å². The molecule has 0 saturated carbocycles. The number of carbonyl (C=O) groups excluding carboxylic acids is 1. The van der Waals surface area contributed by atoms with Crippen molar-refractivity contribution in [2.45, 2.75) is 26.8 Å². The van der Waals surface area contributed by atoms with Crippen molar-refractivity contribution >= 4 is 39.7 Å². The van der Waals surface area contributed by atoms with E-state index in [9.17, 15) is 11.4 Å². The van der Waals surface area contributed by atoms with Crippen LogP contribution in [-0.2, 0) is 17.8 Å². The highest BCUT2D eigenvalue weighted by atomic mass is 35.5. The molecule has 0 atom stereocenters. The zero-order chi connectivity index (χ0) is 47.6. The number of ketones is 1. The smallest absolute Gasteiger partial charge is 0.159 e. The molecular weight excluding hydrogens is 538 g/mol. The third-order valence-electron chi connectivity index (χ3n) is 4.89. The monoisotopic (exact) mass is 590 g/mol. The van der Waals surface area contributed by atoms with Crippen molar-refractivity contribution in [1.29, 1.82) is 5.26 Å². The summed E-state index contributed by atoms with van der Waals surface area (Å²) in [6.07, 6.45) is -0.895. The Morgan fingerprint density at radius 2 is 2.15 bits per heavy atom. The molecule has 4 rings (SSSR count). The molecule has 2 aromatic carbocycles. The van der Waals surface area contributed by atoms with Crippen LogP contribution in [0.5, 0.6) is 11.5 Å². The maximum absolute atomic E-state index is 13.4. The molecular formula is C32H32ClN5O3. The fourth-order valence-electron chi connectivity index (χ4n) is 3.20. The van der Waals surface area contributed by atoms with Gasteiger partial charge in [-0.3, -0.25) is 14.8 Å². The van der Waals surface area contributed by atoms with E-state index < -0.39 is 156 Å². The van der Waals surface area contributed by atoms with Crippen LogP contribution in [0.4, 0.5) is 11.4 Å². The molecule has 0 fully saturated rings. The number of fused-ring (bicyclic) bond motifs is 1. The van der Waals surface area contributed by atoms with E-state index in [2.05, 4.69) is 15.3 Å². The van der Waals surface area contributed by atoms with Gasteiger partial charge in [0.2, 0.25) is 0 Å². The van der Waals surface area contributed by atoms with Gasteiger partial charge in [-0.2, -0.15) is 5.26 Å². The average molecular weight is 591 g/mol. The average Bonchev–Trinajstić information content (AvgIpc) is 3.16. The fourth-order valence-corrected chi connectivity index (χ4v) is 3.38. The van der Waals surface area contributed by atoms with Gasteiger partial charge in [-0.1, -0.05) is 23.7 Å². The van der Waals surface area contributed by atoms with Gasteiger partial charge >= 0.3 is 0 Å². The van der Waals surface area contributed by atoms with Crippen LogP contribution in [0.2, 0.25) is 5.02 Å². The van der Waals surface area contributed by atoms with Gasteiger partial charge in [0.1, 0.15) is 24.1 Å². The summed E-state index contributed by atoms with van der Waals surface area (Å²) in [5.74, 6) is -3.11.